The van der Waals surface area contributed by atoms with E-state index < -0.39 is 12.1 Å². The Morgan fingerprint density at radius 2 is 1.60 bits per heavy atom. The van der Waals surface area contributed by atoms with Crippen molar-refractivity contribution in [1.82, 2.24) is 4.90 Å². The Morgan fingerprint density at radius 1 is 0.967 bits per heavy atom. The molecule has 1 fully saturated rings. The molecule has 1 heterocycles. The van der Waals surface area contributed by atoms with E-state index in [1.807, 2.05) is 61.5 Å². The number of anilines is 2. The third-order valence-corrected chi connectivity index (χ3v) is 5.40. The molecular formula is C23H19Cl2N3O2. The molecule has 0 aromatic heterocycles. The van der Waals surface area contributed by atoms with Gasteiger partial charge in [0.15, 0.2) is 0 Å². The number of rotatable bonds is 3. The number of amides is 4. The van der Waals surface area contributed by atoms with E-state index in [4.69, 9.17) is 23.2 Å². The van der Waals surface area contributed by atoms with E-state index in [0.717, 1.165) is 16.8 Å². The van der Waals surface area contributed by atoms with Gasteiger partial charge in [-0.25, -0.2) is 14.5 Å². The number of benzene rings is 3. The molecule has 152 valence electrons. The topological polar surface area (TPSA) is 52.7 Å². The zero-order valence-electron chi connectivity index (χ0n) is 16.2. The minimum absolute atomic E-state index is 0.219. The molecule has 0 radical (unpaired) electrons. The smallest absolute Gasteiger partial charge is 0.307 e. The molecule has 1 aliphatic heterocycles. The molecule has 1 unspecified atom stereocenters. The summed E-state index contributed by atoms with van der Waals surface area (Å²) in [6, 6.07) is 20.9. The maximum Gasteiger partial charge on any atom is 0.333 e. The number of hydrogen-bond donors (Lipinski definition) is 1. The molecule has 3 aromatic carbocycles. The van der Waals surface area contributed by atoms with E-state index in [1.54, 1.807) is 23.1 Å². The van der Waals surface area contributed by atoms with Gasteiger partial charge in [-0.1, -0.05) is 71.2 Å². The number of carbonyl (C=O) groups is 2. The lowest BCUT2D eigenvalue weighted by molar-refractivity contribution is 0.208. The van der Waals surface area contributed by atoms with Gasteiger partial charge in [-0.05, 0) is 42.8 Å². The summed E-state index contributed by atoms with van der Waals surface area (Å²) in [5.74, 6) is 0. The van der Waals surface area contributed by atoms with E-state index in [9.17, 15) is 9.59 Å². The van der Waals surface area contributed by atoms with Crippen molar-refractivity contribution in [2.75, 3.05) is 16.8 Å². The molecule has 7 heteroatoms. The largest absolute Gasteiger partial charge is 0.333 e. The lowest BCUT2D eigenvalue weighted by Gasteiger charge is -2.23. The Bertz CT molecular complexity index is 1070. The van der Waals surface area contributed by atoms with Gasteiger partial charge in [0.2, 0.25) is 0 Å². The van der Waals surface area contributed by atoms with Crippen molar-refractivity contribution in [1.29, 1.82) is 0 Å². The number of aryl methyl sites for hydroxylation is 1. The van der Waals surface area contributed by atoms with E-state index in [-0.39, 0.29) is 12.6 Å². The van der Waals surface area contributed by atoms with Crippen molar-refractivity contribution in [3.63, 3.8) is 0 Å². The van der Waals surface area contributed by atoms with Crippen LogP contribution in [-0.2, 0) is 0 Å². The molecule has 0 bridgehead atoms. The van der Waals surface area contributed by atoms with Gasteiger partial charge in [-0.2, -0.15) is 0 Å². The van der Waals surface area contributed by atoms with E-state index in [2.05, 4.69) is 5.32 Å². The van der Waals surface area contributed by atoms with Gasteiger partial charge < -0.3 is 5.32 Å². The van der Waals surface area contributed by atoms with Gasteiger partial charge in [0.05, 0.1) is 12.6 Å². The lowest BCUT2D eigenvalue weighted by Crippen LogP contribution is -2.39. The summed E-state index contributed by atoms with van der Waals surface area (Å²) in [5, 5.41) is 3.51. The number of nitrogens with one attached hydrogen (secondary N) is 1. The van der Waals surface area contributed by atoms with Crippen molar-refractivity contribution in [2.24, 2.45) is 0 Å². The lowest BCUT2D eigenvalue weighted by atomic mass is 10.1. The van der Waals surface area contributed by atoms with Crippen LogP contribution < -0.4 is 10.2 Å². The molecule has 1 aliphatic rings. The van der Waals surface area contributed by atoms with Crippen LogP contribution >= 0.6 is 23.2 Å². The van der Waals surface area contributed by atoms with Crippen LogP contribution in [0.25, 0.3) is 0 Å². The van der Waals surface area contributed by atoms with Crippen LogP contribution in [0.15, 0.2) is 72.8 Å². The first kappa shape index (κ1) is 20.3. The van der Waals surface area contributed by atoms with Crippen molar-refractivity contribution < 1.29 is 9.59 Å². The molecule has 4 amide bonds. The SMILES string of the molecule is Cc1ccc(N2C(=O)N(C(=O)Nc3cc(Cl)cc(Cl)c3)CC2c2ccccc2)cc1. The highest BCUT2D eigenvalue weighted by atomic mass is 35.5. The number of nitrogens with zero attached hydrogens (tertiary/aromatic N) is 2. The number of hydrogen-bond acceptors (Lipinski definition) is 2. The maximum atomic E-state index is 13.3. The van der Waals surface area contributed by atoms with Crippen LogP contribution in [-0.4, -0.2) is 23.5 Å². The standard InChI is InChI=1S/C23H19Cl2N3O2/c1-15-7-9-20(10-8-15)28-21(16-5-3-2-4-6-16)14-27(23(28)30)22(29)26-19-12-17(24)11-18(25)13-19/h2-13,21H,14H2,1H3,(H,26,29). The monoisotopic (exact) mass is 439 g/mol. The minimum Gasteiger partial charge on any atom is -0.307 e. The zero-order valence-corrected chi connectivity index (χ0v) is 17.7. The molecule has 3 aromatic rings. The van der Waals surface area contributed by atoms with Gasteiger partial charge in [0.25, 0.3) is 0 Å². The predicted molar refractivity (Wildman–Crippen MR) is 120 cm³/mol. The Balaban J connectivity index is 1.65. The molecule has 0 aliphatic carbocycles. The number of halogens is 2. The summed E-state index contributed by atoms with van der Waals surface area (Å²) in [4.78, 5) is 29.1. The highest BCUT2D eigenvalue weighted by molar-refractivity contribution is 6.35. The molecule has 0 spiro atoms. The van der Waals surface area contributed by atoms with Gasteiger partial charge in [-0.15, -0.1) is 0 Å². The summed E-state index contributed by atoms with van der Waals surface area (Å²) in [7, 11) is 0. The third kappa shape index (κ3) is 4.13. The van der Waals surface area contributed by atoms with Crippen LogP contribution in [0.1, 0.15) is 17.2 Å². The first-order chi connectivity index (χ1) is 14.4. The highest BCUT2D eigenvalue weighted by Crippen LogP contribution is 2.35. The van der Waals surface area contributed by atoms with Crippen LogP contribution in [0.5, 0.6) is 0 Å². The minimum atomic E-state index is -0.533. The van der Waals surface area contributed by atoms with Gasteiger partial charge in [0, 0.05) is 21.4 Å². The van der Waals surface area contributed by atoms with E-state index in [0.29, 0.717) is 15.7 Å². The zero-order chi connectivity index (χ0) is 21.3. The first-order valence-electron chi connectivity index (χ1n) is 9.42. The number of urea groups is 2. The molecule has 30 heavy (non-hydrogen) atoms. The number of imide groups is 1. The van der Waals surface area contributed by atoms with Crippen molar-refractivity contribution >= 4 is 46.6 Å². The van der Waals surface area contributed by atoms with Crippen molar-refractivity contribution in [3.8, 4) is 0 Å². The predicted octanol–water partition coefficient (Wildman–Crippen LogP) is 6.52. The summed E-state index contributed by atoms with van der Waals surface area (Å²) in [5.41, 5.74) is 3.21. The van der Waals surface area contributed by atoms with Gasteiger partial charge in [0.1, 0.15) is 0 Å². The van der Waals surface area contributed by atoms with Gasteiger partial charge in [-0.3, -0.25) is 4.90 Å². The Labute approximate surface area is 184 Å². The van der Waals surface area contributed by atoms with Crippen LogP contribution in [0.2, 0.25) is 10.0 Å². The molecule has 1 N–H and O–H groups in total. The Morgan fingerprint density at radius 3 is 2.23 bits per heavy atom. The fourth-order valence-electron chi connectivity index (χ4n) is 3.51. The summed E-state index contributed by atoms with van der Waals surface area (Å²) in [6.45, 7) is 2.21. The number of carbonyl (C=O) groups excluding carboxylic acids is 2. The van der Waals surface area contributed by atoms with Crippen LogP contribution in [0, 0.1) is 6.92 Å². The van der Waals surface area contributed by atoms with Crippen molar-refractivity contribution in [2.45, 2.75) is 13.0 Å². The molecule has 5 nitrogen and oxygen atoms in total. The van der Waals surface area contributed by atoms with Crippen LogP contribution in [0.4, 0.5) is 21.0 Å². The quantitative estimate of drug-likeness (QED) is 0.504. The Kier molecular flexibility index (Phi) is 5.66. The highest BCUT2D eigenvalue weighted by Gasteiger charge is 2.42. The second-order valence-electron chi connectivity index (χ2n) is 7.11. The molecule has 4 rings (SSSR count). The second-order valence-corrected chi connectivity index (χ2v) is 7.99. The third-order valence-electron chi connectivity index (χ3n) is 4.96. The second kappa shape index (κ2) is 8.38. The summed E-state index contributed by atoms with van der Waals surface area (Å²) < 4.78 is 0. The molecule has 1 saturated heterocycles. The normalized spacial score (nSPS) is 16.1. The van der Waals surface area contributed by atoms with Crippen molar-refractivity contribution in [3.05, 3.63) is 94.0 Å². The fourth-order valence-corrected chi connectivity index (χ4v) is 4.03. The molecular weight excluding hydrogens is 421 g/mol. The molecule has 0 saturated carbocycles. The fraction of sp³-hybridized carbons (Fsp3) is 0.130. The Hall–Kier alpha value is -3.02. The van der Waals surface area contributed by atoms with Gasteiger partial charge >= 0.3 is 12.1 Å². The summed E-state index contributed by atoms with van der Waals surface area (Å²) >= 11 is 12.0. The molecule has 1 atom stereocenters. The first-order valence-corrected chi connectivity index (χ1v) is 10.2. The van der Waals surface area contributed by atoms with E-state index >= 15 is 0 Å². The summed E-state index contributed by atoms with van der Waals surface area (Å²) in [6.07, 6.45) is 0. The maximum absolute atomic E-state index is 13.3. The van der Waals surface area contributed by atoms with Crippen LogP contribution in [0.3, 0.4) is 0 Å². The average Bonchev–Trinajstić information content (AvgIpc) is 3.06. The average molecular weight is 440 g/mol. The van der Waals surface area contributed by atoms with E-state index in [1.165, 1.54) is 4.90 Å².